The zero-order valence-corrected chi connectivity index (χ0v) is 11.0. The van der Waals surface area contributed by atoms with Gasteiger partial charge in [-0.15, -0.1) is 0 Å². The van der Waals surface area contributed by atoms with Gasteiger partial charge in [0.25, 0.3) is 0 Å². The van der Waals surface area contributed by atoms with Crippen molar-refractivity contribution in [3.8, 4) is 0 Å². The molecule has 1 aliphatic rings. The monoisotopic (exact) mass is 258 g/mol. The van der Waals surface area contributed by atoms with Crippen LogP contribution in [0.4, 0.5) is 0 Å². The second-order valence-electron chi connectivity index (χ2n) is 4.56. The molecular weight excluding hydrogens is 240 g/mol. The molecule has 0 radical (unpaired) electrons. The number of rotatable bonds is 4. The molecule has 0 saturated carbocycles. The highest BCUT2D eigenvalue weighted by Gasteiger charge is 2.41. The quantitative estimate of drug-likeness (QED) is 0.636. The Morgan fingerprint density at radius 2 is 2.53 bits per heavy atom. The summed E-state index contributed by atoms with van der Waals surface area (Å²) < 4.78 is 7.69. The molecule has 3 N–H and O–H groups in total. The maximum absolute atomic E-state index is 6.20. The number of nitrogens with one attached hydrogen (secondary N) is 1. The number of aromatic nitrogens is 2. The summed E-state index contributed by atoms with van der Waals surface area (Å²) in [6.45, 7) is 5.62. The number of halogens is 1. The van der Waals surface area contributed by atoms with Crippen molar-refractivity contribution in [2.75, 3.05) is 6.61 Å². The molecule has 0 aromatic carbocycles. The van der Waals surface area contributed by atoms with Crippen LogP contribution in [0.3, 0.4) is 0 Å². The van der Waals surface area contributed by atoms with Gasteiger partial charge in [0.1, 0.15) is 0 Å². The van der Waals surface area contributed by atoms with Crippen LogP contribution in [0, 0.1) is 0 Å². The first-order valence-electron chi connectivity index (χ1n) is 5.93. The number of ether oxygens (including phenoxy) is 1. The van der Waals surface area contributed by atoms with Gasteiger partial charge in [-0.25, -0.2) is 5.43 Å². The normalized spacial score (nSPS) is 26.4. The summed E-state index contributed by atoms with van der Waals surface area (Å²) in [5.41, 5.74) is 3.42. The van der Waals surface area contributed by atoms with Crippen molar-refractivity contribution in [2.45, 2.75) is 44.9 Å². The van der Waals surface area contributed by atoms with E-state index in [0.717, 1.165) is 31.7 Å². The van der Waals surface area contributed by atoms with Crippen molar-refractivity contribution in [1.29, 1.82) is 0 Å². The first kappa shape index (κ1) is 12.8. The van der Waals surface area contributed by atoms with Gasteiger partial charge in [-0.1, -0.05) is 11.6 Å². The van der Waals surface area contributed by atoms with E-state index >= 15 is 0 Å². The molecular formula is C11H19ClN4O. The molecule has 2 unspecified atom stereocenters. The van der Waals surface area contributed by atoms with E-state index in [1.165, 1.54) is 0 Å². The predicted octanol–water partition coefficient (Wildman–Crippen LogP) is 1.63. The van der Waals surface area contributed by atoms with Crippen LogP contribution in [-0.4, -0.2) is 22.0 Å². The first-order valence-corrected chi connectivity index (χ1v) is 6.31. The van der Waals surface area contributed by atoms with Crippen molar-refractivity contribution < 1.29 is 4.74 Å². The number of nitrogens with two attached hydrogens (primary N) is 1. The minimum absolute atomic E-state index is 0.139. The molecule has 1 aromatic heterocycles. The van der Waals surface area contributed by atoms with Gasteiger partial charge >= 0.3 is 0 Å². The maximum Gasteiger partial charge on any atom is 0.0930 e. The Balaban J connectivity index is 2.37. The molecule has 0 amide bonds. The van der Waals surface area contributed by atoms with E-state index in [1.807, 2.05) is 11.6 Å². The number of hydrogen-bond donors (Lipinski definition) is 2. The van der Waals surface area contributed by atoms with Crippen LogP contribution in [0.5, 0.6) is 0 Å². The zero-order valence-electron chi connectivity index (χ0n) is 10.2. The van der Waals surface area contributed by atoms with E-state index in [-0.39, 0.29) is 11.6 Å². The fourth-order valence-electron chi connectivity index (χ4n) is 2.48. The highest BCUT2D eigenvalue weighted by Crippen LogP contribution is 2.39. The number of aryl methyl sites for hydroxylation is 1. The lowest BCUT2D eigenvalue weighted by atomic mass is 9.91. The molecule has 1 saturated heterocycles. The van der Waals surface area contributed by atoms with E-state index in [4.69, 9.17) is 22.2 Å². The minimum atomic E-state index is -0.314. The van der Waals surface area contributed by atoms with Gasteiger partial charge in [0, 0.05) is 13.2 Å². The zero-order chi connectivity index (χ0) is 12.5. The average Bonchev–Trinajstić information content (AvgIpc) is 2.89. The summed E-state index contributed by atoms with van der Waals surface area (Å²) >= 11 is 6.20. The van der Waals surface area contributed by atoms with Gasteiger partial charge in [0.2, 0.25) is 0 Å². The van der Waals surface area contributed by atoms with Crippen molar-refractivity contribution in [1.82, 2.24) is 15.2 Å². The largest absolute Gasteiger partial charge is 0.373 e. The smallest absolute Gasteiger partial charge is 0.0930 e. The third kappa shape index (κ3) is 2.20. The Bertz CT molecular complexity index is 387. The molecule has 2 atom stereocenters. The lowest BCUT2D eigenvalue weighted by Gasteiger charge is -2.33. The van der Waals surface area contributed by atoms with Gasteiger partial charge in [0.05, 0.1) is 28.6 Å². The molecule has 2 heterocycles. The molecule has 2 rings (SSSR count). The average molecular weight is 259 g/mol. The van der Waals surface area contributed by atoms with Crippen LogP contribution in [0.15, 0.2) is 6.20 Å². The second-order valence-corrected chi connectivity index (χ2v) is 4.97. The summed E-state index contributed by atoms with van der Waals surface area (Å²) in [4.78, 5) is 0. The van der Waals surface area contributed by atoms with E-state index < -0.39 is 0 Å². The molecule has 96 valence electrons. The Morgan fingerprint density at radius 1 is 1.76 bits per heavy atom. The molecule has 1 aromatic rings. The summed E-state index contributed by atoms with van der Waals surface area (Å²) in [5.74, 6) is 5.69. The second kappa shape index (κ2) is 4.94. The lowest BCUT2D eigenvalue weighted by molar-refractivity contribution is -0.0148. The van der Waals surface area contributed by atoms with E-state index in [1.54, 1.807) is 6.20 Å². The van der Waals surface area contributed by atoms with E-state index in [2.05, 4.69) is 17.4 Å². The molecule has 0 bridgehead atoms. The van der Waals surface area contributed by atoms with Gasteiger partial charge in [-0.2, -0.15) is 5.10 Å². The predicted molar refractivity (Wildman–Crippen MR) is 66.6 cm³/mol. The van der Waals surface area contributed by atoms with Gasteiger partial charge in [-0.05, 0) is 26.7 Å². The van der Waals surface area contributed by atoms with E-state index in [9.17, 15) is 0 Å². The van der Waals surface area contributed by atoms with Gasteiger partial charge in [-0.3, -0.25) is 10.5 Å². The standard InChI is InChI=1S/C11H19ClN4O/c1-3-16-9(8(12)7-14-16)10(15-13)11(2)5-4-6-17-11/h7,10,15H,3-6,13H2,1-2H3. The van der Waals surface area contributed by atoms with Crippen molar-refractivity contribution >= 4 is 11.6 Å². The third-order valence-electron chi connectivity index (χ3n) is 3.43. The number of hydrogen-bond acceptors (Lipinski definition) is 4. The summed E-state index contributed by atoms with van der Waals surface area (Å²) in [5, 5.41) is 4.87. The Labute approximate surface area is 106 Å². The summed E-state index contributed by atoms with van der Waals surface area (Å²) in [7, 11) is 0. The summed E-state index contributed by atoms with van der Waals surface area (Å²) in [6, 6.07) is -0.139. The van der Waals surface area contributed by atoms with Crippen LogP contribution >= 0.6 is 11.6 Å². The Hall–Kier alpha value is -0.620. The highest BCUT2D eigenvalue weighted by atomic mass is 35.5. The van der Waals surface area contributed by atoms with Crippen molar-refractivity contribution in [2.24, 2.45) is 5.84 Å². The number of nitrogens with zero attached hydrogens (tertiary/aromatic N) is 2. The molecule has 1 aliphatic heterocycles. The molecule has 1 fully saturated rings. The topological polar surface area (TPSA) is 65.1 Å². The fraction of sp³-hybridized carbons (Fsp3) is 0.727. The van der Waals surface area contributed by atoms with Gasteiger partial charge in [0.15, 0.2) is 0 Å². The molecule has 6 heteroatoms. The SMILES string of the molecule is CCn1ncc(Cl)c1C(NN)C1(C)CCCO1. The minimum Gasteiger partial charge on any atom is -0.373 e. The first-order chi connectivity index (χ1) is 8.12. The molecule has 0 aliphatic carbocycles. The van der Waals surface area contributed by atoms with Gasteiger partial charge < -0.3 is 4.74 Å². The van der Waals surface area contributed by atoms with E-state index in [0.29, 0.717) is 5.02 Å². The van der Waals surface area contributed by atoms with Crippen molar-refractivity contribution in [3.05, 3.63) is 16.9 Å². The van der Waals surface area contributed by atoms with Crippen LogP contribution in [0.25, 0.3) is 0 Å². The van der Waals surface area contributed by atoms with Crippen LogP contribution in [-0.2, 0) is 11.3 Å². The lowest BCUT2D eigenvalue weighted by Crippen LogP contribution is -2.45. The maximum atomic E-state index is 6.20. The third-order valence-corrected chi connectivity index (χ3v) is 3.72. The Morgan fingerprint density at radius 3 is 3.06 bits per heavy atom. The van der Waals surface area contributed by atoms with Crippen LogP contribution < -0.4 is 11.3 Å². The molecule has 0 spiro atoms. The van der Waals surface area contributed by atoms with Crippen LogP contribution in [0.2, 0.25) is 5.02 Å². The van der Waals surface area contributed by atoms with Crippen LogP contribution in [0.1, 0.15) is 38.4 Å². The molecule has 17 heavy (non-hydrogen) atoms. The van der Waals surface area contributed by atoms with Crippen molar-refractivity contribution in [3.63, 3.8) is 0 Å². The number of hydrazine groups is 1. The highest BCUT2D eigenvalue weighted by molar-refractivity contribution is 6.31. The molecule has 5 nitrogen and oxygen atoms in total. The fourth-order valence-corrected chi connectivity index (χ4v) is 2.73. The Kier molecular flexibility index (Phi) is 3.73. The summed E-state index contributed by atoms with van der Waals surface area (Å²) in [6.07, 6.45) is 3.67.